The van der Waals surface area contributed by atoms with Crippen molar-refractivity contribution in [1.29, 1.82) is 0 Å². The first-order valence-electron chi connectivity index (χ1n) is 5.84. The van der Waals surface area contributed by atoms with E-state index in [9.17, 15) is 13.2 Å². The summed E-state index contributed by atoms with van der Waals surface area (Å²) in [5, 5.41) is 0. The summed E-state index contributed by atoms with van der Waals surface area (Å²) >= 11 is 0. The summed E-state index contributed by atoms with van der Waals surface area (Å²) in [5.74, 6) is -0.762. The van der Waals surface area contributed by atoms with Crippen LogP contribution < -0.4 is 5.73 Å². The van der Waals surface area contributed by atoms with E-state index in [0.717, 1.165) is 6.42 Å². The van der Waals surface area contributed by atoms with Crippen LogP contribution in [0.2, 0.25) is 0 Å². The molecule has 1 heterocycles. The molecular weight excluding hydrogens is 231 g/mol. The molecule has 0 radical (unpaired) electrons. The topological polar surface area (TPSA) is 39.2 Å². The van der Waals surface area contributed by atoms with Gasteiger partial charge in [-0.15, -0.1) is 0 Å². The van der Waals surface area contributed by atoms with Crippen LogP contribution in [0, 0.1) is 11.8 Å². The van der Waals surface area contributed by atoms with E-state index in [-0.39, 0.29) is 18.8 Å². The van der Waals surface area contributed by atoms with Gasteiger partial charge in [-0.1, -0.05) is 6.42 Å². The van der Waals surface area contributed by atoms with Gasteiger partial charge in [0, 0.05) is 0 Å². The van der Waals surface area contributed by atoms with E-state index in [2.05, 4.69) is 0 Å². The maximum absolute atomic E-state index is 12.7. The van der Waals surface area contributed by atoms with Gasteiger partial charge in [-0.2, -0.15) is 13.2 Å². The van der Waals surface area contributed by atoms with Crippen LogP contribution in [0.5, 0.6) is 0 Å². The van der Waals surface area contributed by atoms with Crippen molar-refractivity contribution in [2.24, 2.45) is 17.6 Å². The quantitative estimate of drug-likeness (QED) is 0.866. The van der Waals surface area contributed by atoms with Crippen molar-refractivity contribution in [2.45, 2.75) is 37.9 Å². The number of nitrogens with two attached hydrogens (primary N) is 1. The standard InChI is InChI=1S/C12H16F3NO/c13-12(14,15)9-4-1-3-8(7-9)11(16)10-5-2-6-17-10/h2,5-6,8-9,11H,1,3-4,7,16H2. The Kier molecular flexibility index (Phi) is 3.47. The third-order valence-electron chi connectivity index (χ3n) is 3.56. The minimum Gasteiger partial charge on any atom is -0.468 e. The van der Waals surface area contributed by atoms with Crippen LogP contribution in [-0.4, -0.2) is 6.18 Å². The second kappa shape index (κ2) is 4.72. The summed E-state index contributed by atoms with van der Waals surface area (Å²) in [6.45, 7) is 0. The fourth-order valence-corrected chi connectivity index (χ4v) is 2.56. The molecule has 0 bridgehead atoms. The van der Waals surface area contributed by atoms with Gasteiger partial charge in [0.25, 0.3) is 0 Å². The van der Waals surface area contributed by atoms with Gasteiger partial charge in [-0.25, -0.2) is 0 Å². The van der Waals surface area contributed by atoms with Crippen molar-refractivity contribution >= 4 is 0 Å². The lowest BCUT2D eigenvalue weighted by Gasteiger charge is -2.33. The molecule has 0 aliphatic heterocycles. The first-order chi connectivity index (χ1) is 7.98. The van der Waals surface area contributed by atoms with Crippen LogP contribution in [0.4, 0.5) is 13.2 Å². The molecule has 3 atom stereocenters. The minimum atomic E-state index is -4.10. The fraction of sp³-hybridized carbons (Fsp3) is 0.667. The predicted octanol–water partition coefficient (Wildman–Crippen LogP) is 3.65. The van der Waals surface area contributed by atoms with Crippen LogP contribution in [0.3, 0.4) is 0 Å². The normalized spacial score (nSPS) is 28.0. The van der Waals surface area contributed by atoms with Gasteiger partial charge >= 0.3 is 6.18 Å². The predicted molar refractivity (Wildman–Crippen MR) is 57.1 cm³/mol. The molecule has 1 aromatic heterocycles. The fourth-order valence-electron chi connectivity index (χ4n) is 2.56. The Hall–Kier alpha value is -0.970. The average molecular weight is 247 g/mol. The van der Waals surface area contributed by atoms with Gasteiger partial charge in [0.15, 0.2) is 0 Å². The van der Waals surface area contributed by atoms with Gasteiger partial charge in [0.1, 0.15) is 5.76 Å². The van der Waals surface area contributed by atoms with E-state index in [1.807, 2.05) is 0 Å². The molecule has 0 spiro atoms. The molecule has 1 aromatic rings. The zero-order valence-electron chi connectivity index (χ0n) is 9.41. The molecule has 1 aliphatic rings. The molecule has 0 amide bonds. The number of hydrogen-bond acceptors (Lipinski definition) is 2. The first-order valence-corrected chi connectivity index (χ1v) is 5.84. The Balaban J connectivity index is 2.02. The maximum Gasteiger partial charge on any atom is 0.391 e. The highest BCUT2D eigenvalue weighted by Gasteiger charge is 2.43. The number of alkyl halides is 3. The number of furan rings is 1. The van der Waals surface area contributed by atoms with Crippen LogP contribution in [0.1, 0.15) is 37.5 Å². The van der Waals surface area contributed by atoms with Crippen molar-refractivity contribution < 1.29 is 17.6 Å². The van der Waals surface area contributed by atoms with E-state index in [1.54, 1.807) is 12.1 Å². The van der Waals surface area contributed by atoms with Gasteiger partial charge in [0.05, 0.1) is 18.2 Å². The molecule has 0 saturated heterocycles. The maximum atomic E-state index is 12.7. The van der Waals surface area contributed by atoms with Gasteiger partial charge < -0.3 is 10.2 Å². The molecule has 96 valence electrons. The lowest BCUT2D eigenvalue weighted by molar-refractivity contribution is -0.186. The molecule has 5 heteroatoms. The highest BCUT2D eigenvalue weighted by atomic mass is 19.4. The summed E-state index contributed by atoms with van der Waals surface area (Å²) in [7, 11) is 0. The molecule has 1 aliphatic carbocycles. The van der Waals surface area contributed by atoms with E-state index < -0.39 is 18.1 Å². The summed E-state index contributed by atoms with van der Waals surface area (Å²) in [4.78, 5) is 0. The highest BCUT2D eigenvalue weighted by molar-refractivity contribution is 5.05. The van der Waals surface area contributed by atoms with E-state index in [0.29, 0.717) is 12.2 Å². The Morgan fingerprint density at radius 3 is 2.71 bits per heavy atom. The van der Waals surface area contributed by atoms with Crippen molar-refractivity contribution in [3.8, 4) is 0 Å². The number of halogens is 3. The molecule has 2 N–H and O–H groups in total. The Bertz CT molecular complexity index is 347. The van der Waals surface area contributed by atoms with Crippen LogP contribution >= 0.6 is 0 Å². The Labute approximate surface area is 98.0 Å². The van der Waals surface area contributed by atoms with Crippen LogP contribution in [-0.2, 0) is 0 Å². The van der Waals surface area contributed by atoms with Gasteiger partial charge in [-0.05, 0) is 37.3 Å². The highest BCUT2D eigenvalue weighted by Crippen LogP contribution is 2.43. The van der Waals surface area contributed by atoms with Crippen molar-refractivity contribution in [3.63, 3.8) is 0 Å². The smallest absolute Gasteiger partial charge is 0.391 e. The van der Waals surface area contributed by atoms with Crippen molar-refractivity contribution in [2.75, 3.05) is 0 Å². The molecule has 1 saturated carbocycles. The lowest BCUT2D eigenvalue weighted by Crippen LogP contribution is -2.33. The molecule has 1 fully saturated rings. The van der Waals surface area contributed by atoms with E-state index >= 15 is 0 Å². The first kappa shape index (κ1) is 12.5. The monoisotopic (exact) mass is 247 g/mol. The summed E-state index contributed by atoms with van der Waals surface area (Å²) in [5.41, 5.74) is 5.96. The molecular formula is C12H16F3NO. The number of rotatable bonds is 2. The molecule has 3 unspecified atom stereocenters. The van der Waals surface area contributed by atoms with Crippen LogP contribution in [0.25, 0.3) is 0 Å². The molecule has 2 nitrogen and oxygen atoms in total. The summed E-state index contributed by atoms with van der Waals surface area (Å²) in [6, 6.07) is 3.01. The third-order valence-corrected chi connectivity index (χ3v) is 3.56. The molecule has 0 aromatic carbocycles. The third kappa shape index (κ3) is 2.83. The Morgan fingerprint density at radius 1 is 1.35 bits per heavy atom. The average Bonchev–Trinajstić information content (AvgIpc) is 2.80. The lowest BCUT2D eigenvalue weighted by atomic mass is 9.77. The van der Waals surface area contributed by atoms with Crippen LogP contribution in [0.15, 0.2) is 22.8 Å². The van der Waals surface area contributed by atoms with Crippen molar-refractivity contribution in [3.05, 3.63) is 24.2 Å². The molecule has 2 rings (SSSR count). The molecule has 17 heavy (non-hydrogen) atoms. The van der Waals surface area contributed by atoms with Gasteiger partial charge in [-0.3, -0.25) is 0 Å². The van der Waals surface area contributed by atoms with Gasteiger partial charge in [0.2, 0.25) is 0 Å². The zero-order chi connectivity index (χ0) is 12.5. The number of hydrogen-bond donors (Lipinski definition) is 1. The van der Waals surface area contributed by atoms with E-state index in [1.165, 1.54) is 6.26 Å². The van der Waals surface area contributed by atoms with Crippen molar-refractivity contribution in [1.82, 2.24) is 0 Å². The second-order valence-corrected chi connectivity index (χ2v) is 4.71. The summed E-state index contributed by atoms with van der Waals surface area (Å²) < 4.78 is 43.1. The second-order valence-electron chi connectivity index (χ2n) is 4.71. The SMILES string of the molecule is NC(c1ccco1)C1CCCC(C(F)(F)F)C1. The van der Waals surface area contributed by atoms with E-state index in [4.69, 9.17) is 10.2 Å². The largest absolute Gasteiger partial charge is 0.468 e. The zero-order valence-corrected chi connectivity index (χ0v) is 9.41. The Morgan fingerprint density at radius 2 is 2.12 bits per heavy atom. The minimum absolute atomic E-state index is 0.116. The summed E-state index contributed by atoms with van der Waals surface area (Å²) in [6.07, 6.45) is -0.922.